The van der Waals surface area contributed by atoms with E-state index in [0.717, 1.165) is 25.1 Å². The van der Waals surface area contributed by atoms with E-state index in [1.807, 2.05) is 6.08 Å². The maximum Gasteiger partial charge on any atom is 0.246 e. The number of aromatic nitrogens is 1. The van der Waals surface area contributed by atoms with Crippen LogP contribution in [0.1, 0.15) is 17.9 Å². The molecule has 0 atom stereocenters. The minimum absolute atomic E-state index is 0. The van der Waals surface area contributed by atoms with Gasteiger partial charge in [-0.3, -0.25) is 0 Å². The molecule has 1 aromatic rings. The first-order chi connectivity index (χ1) is 8.50. The molecule has 19 heavy (non-hydrogen) atoms. The third kappa shape index (κ3) is 3.79. The molecule has 1 aliphatic rings. The molecule has 0 saturated carbocycles. The Morgan fingerprint density at radius 3 is 2.74 bits per heavy atom. The Kier molecular flexibility index (Phi) is 5.54. The van der Waals surface area contributed by atoms with E-state index >= 15 is 0 Å². The second-order valence-electron chi connectivity index (χ2n) is 4.29. The van der Waals surface area contributed by atoms with Crippen LogP contribution in [0.4, 0.5) is 0 Å². The Morgan fingerprint density at radius 1 is 1.47 bits per heavy atom. The van der Waals surface area contributed by atoms with Crippen molar-refractivity contribution in [1.29, 1.82) is 0 Å². The number of rotatable bonds is 4. The van der Waals surface area contributed by atoms with Gasteiger partial charge >= 0.3 is 0 Å². The molecule has 0 bridgehead atoms. The maximum atomic E-state index is 12.1. The minimum atomic E-state index is -3.55. The quantitative estimate of drug-likeness (QED) is 0.808. The monoisotopic (exact) mass is 307 g/mol. The highest BCUT2D eigenvalue weighted by atomic mass is 35.5. The first kappa shape index (κ1) is 16.2. The van der Waals surface area contributed by atoms with E-state index in [-0.39, 0.29) is 17.3 Å². The number of nitrogens with zero attached hydrogens (tertiary/aromatic N) is 1. The van der Waals surface area contributed by atoms with Gasteiger partial charge in [-0.1, -0.05) is 16.8 Å². The molecule has 0 aromatic carbocycles. The van der Waals surface area contributed by atoms with Crippen molar-refractivity contribution in [1.82, 2.24) is 15.2 Å². The van der Waals surface area contributed by atoms with Crippen LogP contribution in [-0.4, -0.2) is 33.2 Å². The van der Waals surface area contributed by atoms with Gasteiger partial charge in [-0.15, -0.1) is 12.4 Å². The van der Waals surface area contributed by atoms with Gasteiger partial charge in [-0.25, -0.2) is 13.1 Å². The number of hydrogen-bond acceptors (Lipinski definition) is 5. The van der Waals surface area contributed by atoms with E-state index in [9.17, 15) is 8.42 Å². The highest BCUT2D eigenvalue weighted by Gasteiger charge is 2.24. The number of halogens is 1. The average molecular weight is 308 g/mol. The molecule has 1 aliphatic heterocycles. The molecule has 0 aliphatic carbocycles. The Hall–Kier alpha value is -0.890. The fourth-order valence-corrected chi connectivity index (χ4v) is 3.31. The van der Waals surface area contributed by atoms with Gasteiger partial charge in [0.15, 0.2) is 5.76 Å². The molecular weight excluding hydrogens is 290 g/mol. The first-order valence-electron chi connectivity index (χ1n) is 5.82. The molecule has 0 fully saturated rings. The number of aryl methyl sites for hydroxylation is 2. The summed E-state index contributed by atoms with van der Waals surface area (Å²) in [5.74, 6) is 0.319. The van der Waals surface area contributed by atoms with Crippen LogP contribution in [0.15, 0.2) is 21.1 Å². The Bertz CT molecular complexity index is 546. The van der Waals surface area contributed by atoms with Crippen LogP contribution in [0.2, 0.25) is 0 Å². The lowest BCUT2D eigenvalue weighted by Crippen LogP contribution is -2.30. The van der Waals surface area contributed by atoms with Gasteiger partial charge in [-0.2, -0.15) is 0 Å². The third-order valence-electron chi connectivity index (χ3n) is 2.88. The summed E-state index contributed by atoms with van der Waals surface area (Å²) in [5.41, 5.74) is 1.49. The average Bonchev–Trinajstić information content (AvgIpc) is 2.69. The van der Waals surface area contributed by atoms with Crippen molar-refractivity contribution in [2.24, 2.45) is 0 Å². The van der Waals surface area contributed by atoms with E-state index in [4.69, 9.17) is 4.52 Å². The van der Waals surface area contributed by atoms with Crippen molar-refractivity contribution in [3.05, 3.63) is 23.1 Å². The van der Waals surface area contributed by atoms with E-state index < -0.39 is 10.0 Å². The fourth-order valence-electron chi connectivity index (χ4n) is 1.95. The molecule has 0 amide bonds. The van der Waals surface area contributed by atoms with Crippen molar-refractivity contribution in [3.63, 3.8) is 0 Å². The molecule has 0 saturated heterocycles. The summed E-state index contributed by atoms with van der Waals surface area (Å²) >= 11 is 0. The van der Waals surface area contributed by atoms with Crippen molar-refractivity contribution in [3.8, 4) is 0 Å². The second-order valence-corrected chi connectivity index (χ2v) is 6.00. The molecule has 2 rings (SSSR count). The number of hydrogen-bond donors (Lipinski definition) is 2. The zero-order valence-electron chi connectivity index (χ0n) is 10.9. The second kappa shape index (κ2) is 6.51. The lowest BCUT2D eigenvalue weighted by atomic mass is 10.1. The topological polar surface area (TPSA) is 84.2 Å². The van der Waals surface area contributed by atoms with Crippen molar-refractivity contribution >= 4 is 22.4 Å². The highest BCUT2D eigenvalue weighted by Crippen LogP contribution is 2.18. The lowest BCUT2D eigenvalue weighted by Gasteiger charge is -2.14. The summed E-state index contributed by atoms with van der Waals surface area (Å²) in [6.45, 7) is 5.24. The van der Waals surface area contributed by atoms with Gasteiger partial charge in [0.2, 0.25) is 10.0 Å². The molecule has 108 valence electrons. The molecule has 0 radical (unpaired) electrons. The van der Waals surface area contributed by atoms with Gasteiger partial charge < -0.3 is 9.84 Å². The van der Waals surface area contributed by atoms with Crippen LogP contribution < -0.4 is 10.0 Å². The Morgan fingerprint density at radius 2 is 2.21 bits per heavy atom. The fraction of sp³-hybridized carbons (Fsp3) is 0.545. The van der Waals surface area contributed by atoms with Crippen LogP contribution in [0.3, 0.4) is 0 Å². The first-order valence-corrected chi connectivity index (χ1v) is 7.30. The Labute approximate surface area is 119 Å². The molecule has 2 N–H and O–H groups in total. The summed E-state index contributed by atoms with van der Waals surface area (Å²) in [4.78, 5) is 0.150. The molecule has 6 nitrogen and oxygen atoms in total. The molecular formula is C11H18ClN3O3S. The van der Waals surface area contributed by atoms with Crippen LogP contribution in [0.5, 0.6) is 0 Å². The van der Waals surface area contributed by atoms with Crippen LogP contribution >= 0.6 is 12.4 Å². The summed E-state index contributed by atoms with van der Waals surface area (Å²) in [7, 11) is -3.55. The van der Waals surface area contributed by atoms with Crippen molar-refractivity contribution < 1.29 is 12.9 Å². The van der Waals surface area contributed by atoms with Crippen molar-refractivity contribution in [2.45, 2.75) is 25.2 Å². The molecule has 0 spiro atoms. The Balaban J connectivity index is 0.00000180. The molecule has 8 heteroatoms. The van der Waals surface area contributed by atoms with E-state index in [1.54, 1.807) is 13.8 Å². The largest absolute Gasteiger partial charge is 0.360 e. The van der Waals surface area contributed by atoms with Gasteiger partial charge in [0.1, 0.15) is 10.6 Å². The summed E-state index contributed by atoms with van der Waals surface area (Å²) in [5, 5.41) is 6.84. The minimum Gasteiger partial charge on any atom is -0.360 e. The van der Waals surface area contributed by atoms with Crippen LogP contribution in [0, 0.1) is 13.8 Å². The van der Waals surface area contributed by atoms with Gasteiger partial charge in [0, 0.05) is 13.1 Å². The normalized spacial score (nSPS) is 15.8. The number of sulfonamides is 1. The summed E-state index contributed by atoms with van der Waals surface area (Å²) < 4.78 is 31.7. The van der Waals surface area contributed by atoms with E-state index in [2.05, 4.69) is 15.2 Å². The lowest BCUT2D eigenvalue weighted by molar-refractivity contribution is 0.390. The maximum absolute atomic E-state index is 12.1. The SMILES string of the molecule is Cc1noc(C)c1S(=O)(=O)NCC1=CCNCC1.Cl. The zero-order valence-corrected chi connectivity index (χ0v) is 12.5. The van der Waals surface area contributed by atoms with Gasteiger partial charge in [-0.05, 0) is 26.8 Å². The van der Waals surface area contributed by atoms with E-state index in [1.165, 1.54) is 0 Å². The van der Waals surface area contributed by atoms with Crippen molar-refractivity contribution in [2.75, 3.05) is 19.6 Å². The molecule has 0 unspecified atom stereocenters. The predicted molar refractivity (Wildman–Crippen MR) is 74.0 cm³/mol. The highest BCUT2D eigenvalue weighted by molar-refractivity contribution is 7.89. The van der Waals surface area contributed by atoms with Gasteiger partial charge in [0.05, 0.1) is 0 Å². The summed E-state index contributed by atoms with van der Waals surface area (Å²) in [6, 6.07) is 0. The summed E-state index contributed by atoms with van der Waals surface area (Å²) in [6.07, 6.45) is 2.88. The smallest absolute Gasteiger partial charge is 0.246 e. The zero-order chi connectivity index (χ0) is 13.2. The van der Waals surface area contributed by atoms with E-state index in [0.29, 0.717) is 18.0 Å². The standard InChI is InChI=1S/C11H17N3O3S.ClH/c1-8-11(9(2)17-14-8)18(15,16)13-7-10-3-5-12-6-4-10;/h3,12-13H,4-7H2,1-2H3;1H. The number of nitrogens with one attached hydrogen (secondary N) is 2. The van der Waals surface area contributed by atoms with Gasteiger partial charge in [0.25, 0.3) is 0 Å². The van der Waals surface area contributed by atoms with Crippen LogP contribution in [-0.2, 0) is 10.0 Å². The third-order valence-corrected chi connectivity index (χ3v) is 4.53. The van der Waals surface area contributed by atoms with Crippen LogP contribution in [0.25, 0.3) is 0 Å². The predicted octanol–water partition coefficient (Wildman–Crippen LogP) is 0.911. The molecule has 1 aromatic heterocycles. The molecule has 2 heterocycles.